The normalized spacial score (nSPS) is 11.6. The van der Waals surface area contributed by atoms with Crippen LogP contribution in [0.3, 0.4) is 0 Å². The fourth-order valence-corrected chi connectivity index (χ4v) is 2.87. The van der Waals surface area contributed by atoms with E-state index in [0.29, 0.717) is 5.56 Å². The van der Waals surface area contributed by atoms with E-state index in [-0.39, 0.29) is 17.4 Å². The van der Waals surface area contributed by atoms with Gasteiger partial charge in [-0.3, -0.25) is 19.9 Å². The maximum atomic E-state index is 13.3. The molecule has 0 saturated carbocycles. The third kappa shape index (κ3) is 3.98. The minimum absolute atomic E-state index is 0.0865. The van der Waals surface area contributed by atoms with Crippen LogP contribution in [0, 0.1) is 15.9 Å². The van der Waals surface area contributed by atoms with E-state index in [2.05, 4.69) is 4.98 Å². The van der Waals surface area contributed by atoms with Crippen LogP contribution >= 0.6 is 0 Å². The van der Waals surface area contributed by atoms with Gasteiger partial charge in [0.15, 0.2) is 0 Å². The number of non-ortho nitro benzene ring substituents is 1. The summed E-state index contributed by atoms with van der Waals surface area (Å²) in [7, 11) is 1.63. The van der Waals surface area contributed by atoms with E-state index in [1.54, 1.807) is 37.6 Å². The molecule has 6 nitrogen and oxygen atoms in total. The van der Waals surface area contributed by atoms with Gasteiger partial charge >= 0.3 is 0 Å². The highest BCUT2D eigenvalue weighted by Gasteiger charge is 2.25. The minimum atomic E-state index is -0.519. The van der Waals surface area contributed by atoms with Gasteiger partial charge in [0.05, 0.1) is 11.0 Å². The number of halogens is 1. The van der Waals surface area contributed by atoms with E-state index in [1.165, 1.54) is 41.3 Å². The molecule has 136 valence electrons. The van der Waals surface area contributed by atoms with Crippen molar-refractivity contribution in [3.8, 4) is 0 Å². The average Bonchev–Trinajstić information content (AvgIpc) is 2.70. The molecule has 0 bridgehead atoms. The van der Waals surface area contributed by atoms with Gasteiger partial charge in [-0.05, 0) is 41.5 Å². The molecule has 1 heterocycles. The predicted molar refractivity (Wildman–Crippen MR) is 97.7 cm³/mol. The summed E-state index contributed by atoms with van der Waals surface area (Å²) in [6.45, 7) is 0. The van der Waals surface area contributed by atoms with E-state index < -0.39 is 11.0 Å². The Balaban J connectivity index is 1.97. The lowest BCUT2D eigenvalue weighted by Crippen LogP contribution is -2.32. The molecule has 1 unspecified atom stereocenters. The maximum absolute atomic E-state index is 13.3. The largest absolute Gasteiger partial charge is 0.331 e. The van der Waals surface area contributed by atoms with Gasteiger partial charge in [-0.1, -0.05) is 18.2 Å². The van der Waals surface area contributed by atoms with Crippen molar-refractivity contribution in [2.24, 2.45) is 0 Å². The van der Waals surface area contributed by atoms with E-state index in [1.807, 2.05) is 6.07 Å². The third-order valence-electron chi connectivity index (χ3n) is 4.22. The number of carbonyl (C=O) groups excluding carboxylic acids is 1. The fraction of sp³-hybridized carbons (Fsp3) is 0.100. The summed E-state index contributed by atoms with van der Waals surface area (Å²) in [4.78, 5) is 28.8. The van der Waals surface area contributed by atoms with Crippen LogP contribution in [-0.4, -0.2) is 27.8 Å². The van der Waals surface area contributed by atoms with Crippen molar-refractivity contribution in [2.75, 3.05) is 7.05 Å². The van der Waals surface area contributed by atoms with Crippen molar-refractivity contribution < 1.29 is 14.1 Å². The predicted octanol–water partition coefficient (Wildman–Crippen LogP) is 3.99. The molecular formula is C20H16FN3O3. The van der Waals surface area contributed by atoms with E-state index in [4.69, 9.17) is 0 Å². The summed E-state index contributed by atoms with van der Waals surface area (Å²) < 4.78 is 13.3. The lowest BCUT2D eigenvalue weighted by atomic mass is 9.98. The highest BCUT2D eigenvalue weighted by Crippen LogP contribution is 2.29. The van der Waals surface area contributed by atoms with Crippen molar-refractivity contribution in [1.82, 2.24) is 9.88 Å². The minimum Gasteiger partial charge on any atom is -0.331 e. The summed E-state index contributed by atoms with van der Waals surface area (Å²) in [5, 5.41) is 10.8. The molecule has 0 saturated heterocycles. The van der Waals surface area contributed by atoms with Crippen LogP contribution in [-0.2, 0) is 0 Å². The Morgan fingerprint density at radius 2 is 1.74 bits per heavy atom. The number of benzene rings is 2. The standard InChI is InChI=1S/C20H16FN3O3/c1-23(20(25)15-6-10-18(11-7-15)24(26)27)19(16-3-2-12-22-13-16)14-4-8-17(21)9-5-14/h2-13,19H,1H3. The zero-order chi connectivity index (χ0) is 19.4. The smallest absolute Gasteiger partial charge is 0.269 e. The van der Waals surface area contributed by atoms with Gasteiger partial charge in [0.2, 0.25) is 0 Å². The molecule has 1 aromatic heterocycles. The van der Waals surface area contributed by atoms with Gasteiger partial charge in [-0.15, -0.1) is 0 Å². The van der Waals surface area contributed by atoms with Crippen molar-refractivity contribution >= 4 is 11.6 Å². The molecule has 3 aromatic rings. The monoisotopic (exact) mass is 365 g/mol. The van der Waals surface area contributed by atoms with Crippen LogP contribution in [0.15, 0.2) is 73.1 Å². The number of nitro benzene ring substituents is 1. The van der Waals surface area contributed by atoms with Gasteiger partial charge in [0.25, 0.3) is 11.6 Å². The van der Waals surface area contributed by atoms with Crippen molar-refractivity contribution in [3.63, 3.8) is 0 Å². The molecule has 0 aliphatic heterocycles. The first-order valence-corrected chi connectivity index (χ1v) is 8.14. The van der Waals surface area contributed by atoms with Crippen LogP contribution in [0.25, 0.3) is 0 Å². The number of carbonyl (C=O) groups is 1. The number of nitro groups is 1. The first kappa shape index (κ1) is 18.2. The SMILES string of the molecule is CN(C(=O)c1ccc([N+](=O)[O-])cc1)C(c1ccc(F)cc1)c1cccnc1. The molecule has 3 rings (SSSR count). The number of hydrogen-bond acceptors (Lipinski definition) is 4. The first-order valence-electron chi connectivity index (χ1n) is 8.14. The third-order valence-corrected chi connectivity index (χ3v) is 4.22. The zero-order valence-corrected chi connectivity index (χ0v) is 14.4. The molecule has 0 fully saturated rings. The molecule has 0 N–H and O–H groups in total. The van der Waals surface area contributed by atoms with Gasteiger partial charge in [0, 0.05) is 37.1 Å². The second kappa shape index (κ2) is 7.74. The molecule has 1 atom stereocenters. The Hall–Kier alpha value is -3.61. The summed E-state index contributed by atoms with van der Waals surface area (Å²) in [5.41, 5.74) is 1.72. The molecule has 1 amide bonds. The Morgan fingerprint density at radius 1 is 1.07 bits per heavy atom. The van der Waals surface area contributed by atoms with Crippen LogP contribution in [0.1, 0.15) is 27.5 Å². The van der Waals surface area contributed by atoms with E-state index in [9.17, 15) is 19.3 Å². The van der Waals surface area contributed by atoms with Crippen LogP contribution in [0.2, 0.25) is 0 Å². The lowest BCUT2D eigenvalue weighted by molar-refractivity contribution is -0.384. The molecule has 0 spiro atoms. The Morgan fingerprint density at radius 3 is 2.30 bits per heavy atom. The number of rotatable bonds is 5. The van der Waals surface area contributed by atoms with E-state index >= 15 is 0 Å². The highest BCUT2D eigenvalue weighted by atomic mass is 19.1. The van der Waals surface area contributed by atoms with Crippen molar-refractivity contribution in [3.05, 3.63) is 106 Å². The maximum Gasteiger partial charge on any atom is 0.269 e. The number of pyridine rings is 1. The number of aromatic nitrogens is 1. The topological polar surface area (TPSA) is 76.3 Å². The molecular weight excluding hydrogens is 349 g/mol. The summed E-state index contributed by atoms with van der Waals surface area (Å²) in [6, 6.07) is 14.4. The lowest BCUT2D eigenvalue weighted by Gasteiger charge is -2.29. The molecule has 0 radical (unpaired) electrons. The summed E-state index contributed by atoms with van der Waals surface area (Å²) in [5.74, 6) is -0.684. The van der Waals surface area contributed by atoms with Crippen LogP contribution in [0.5, 0.6) is 0 Å². The average molecular weight is 365 g/mol. The number of hydrogen-bond donors (Lipinski definition) is 0. The molecule has 0 aliphatic carbocycles. The van der Waals surface area contributed by atoms with Crippen LogP contribution < -0.4 is 0 Å². The fourth-order valence-electron chi connectivity index (χ4n) is 2.87. The molecule has 0 aliphatic rings. The molecule has 7 heteroatoms. The van der Waals surface area contributed by atoms with Gasteiger partial charge in [0.1, 0.15) is 5.82 Å². The first-order chi connectivity index (χ1) is 13.0. The summed E-state index contributed by atoms with van der Waals surface area (Å²) in [6.07, 6.45) is 3.27. The quantitative estimate of drug-likeness (QED) is 0.506. The Labute approximate surface area is 155 Å². The molecule has 2 aromatic carbocycles. The van der Waals surface area contributed by atoms with Crippen molar-refractivity contribution in [1.29, 1.82) is 0 Å². The zero-order valence-electron chi connectivity index (χ0n) is 14.4. The Kier molecular flexibility index (Phi) is 5.21. The van der Waals surface area contributed by atoms with Crippen LogP contribution in [0.4, 0.5) is 10.1 Å². The van der Waals surface area contributed by atoms with Gasteiger partial charge < -0.3 is 4.90 Å². The van der Waals surface area contributed by atoms with Crippen molar-refractivity contribution in [2.45, 2.75) is 6.04 Å². The number of amides is 1. The summed E-state index contributed by atoms with van der Waals surface area (Å²) >= 11 is 0. The van der Waals surface area contributed by atoms with E-state index in [0.717, 1.165) is 11.1 Å². The highest BCUT2D eigenvalue weighted by molar-refractivity contribution is 5.94. The Bertz CT molecular complexity index is 944. The second-order valence-corrected chi connectivity index (χ2v) is 5.96. The number of nitrogens with zero attached hydrogens (tertiary/aromatic N) is 3. The van der Waals surface area contributed by atoms with Gasteiger partial charge in [-0.25, -0.2) is 4.39 Å². The van der Waals surface area contributed by atoms with Gasteiger partial charge in [-0.2, -0.15) is 0 Å². The second-order valence-electron chi connectivity index (χ2n) is 5.96. The molecule has 27 heavy (non-hydrogen) atoms.